The summed E-state index contributed by atoms with van der Waals surface area (Å²) in [6.45, 7) is 7.77. The molecule has 4 fully saturated rings. The number of carbonyl (C=O) groups excluding carboxylic acids is 3. The first-order valence-electron chi connectivity index (χ1n) is 18.2. The number of ketones is 1. The Morgan fingerprint density at radius 3 is 2.45 bits per heavy atom. The van der Waals surface area contributed by atoms with Crippen LogP contribution in [0.25, 0.3) is 16.7 Å². The van der Waals surface area contributed by atoms with Crippen LogP contribution in [0, 0.1) is 34.5 Å². The van der Waals surface area contributed by atoms with E-state index < -0.39 is 40.8 Å². The lowest BCUT2D eigenvalue weighted by molar-refractivity contribution is -0.157. The van der Waals surface area contributed by atoms with Gasteiger partial charge < -0.3 is 24.2 Å². The molecule has 3 saturated carbocycles. The third-order valence-corrected chi connectivity index (χ3v) is 11.8. The zero-order valence-electron chi connectivity index (χ0n) is 30.0. The molecule has 1 aromatic carbocycles. The van der Waals surface area contributed by atoms with Crippen molar-refractivity contribution in [2.75, 3.05) is 13.7 Å². The second-order valence-electron chi connectivity index (χ2n) is 16.2. The average molecular weight is 701 g/mol. The maximum Gasteiger partial charge on any atom is 0.310 e. The van der Waals surface area contributed by atoms with Gasteiger partial charge in [-0.25, -0.2) is 9.67 Å². The zero-order valence-corrected chi connectivity index (χ0v) is 30.0. The Morgan fingerprint density at radius 1 is 1.06 bits per heavy atom. The smallest absolute Gasteiger partial charge is 0.310 e. The van der Waals surface area contributed by atoms with Crippen molar-refractivity contribution in [3.8, 4) is 17.3 Å². The van der Waals surface area contributed by atoms with Crippen LogP contribution in [0.4, 0.5) is 0 Å². The lowest BCUT2D eigenvalue weighted by Crippen LogP contribution is -2.48. The van der Waals surface area contributed by atoms with Gasteiger partial charge in [0.1, 0.15) is 23.7 Å². The summed E-state index contributed by atoms with van der Waals surface area (Å²) >= 11 is 0. The first-order chi connectivity index (χ1) is 24.3. The van der Waals surface area contributed by atoms with Gasteiger partial charge >= 0.3 is 11.9 Å². The first kappa shape index (κ1) is 34.9. The van der Waals surface area contributed by atoms with Crippen LogP contribution in [0.3, 0.4) is 0 Å². The van der Waals surface area contributed by atoms with Crippen molar-refractivity contribution in [3.63, 3.8) is 0 Å². The molecule has 12 heteroatoms. The van der Waals surface area contributed by atoms with E-state index in [0.717, 1.165) is 12.8 Å². The number of Topliss-reactive ketones (excluding diaryl/α,β-unsaturated/α-hetero) is 1. The van der Waals surface area contributed by atoms with E-state index in [9.17, 15) is 24.3 Å². The number of hydrogen-bond donors (Lipinski definition) is 1. The van der Waals surface area contributed by atoms with Crippen molar-refractivity contribution in [1.29, 1.82) is 0 Å². The number of amides is 1. The molecule has 1 saturated heterocycles. The highest BCUT2D eigenvalue weighted by Gasteiger charge is 2.61. The maximum atomic E-state index is 14.6. The van der Waals surface area contributed by atoms with Crippen molar-refractivity contribution >= 4 is 34.5 Å². The molecule has 7 atom stereocenters. The van der Waals surface area contributed by atoms with Crippen molar-refractivity contribution in [1.82, 2.24) is 19.7 Å². The van der Waals surface area contributed by atoms with Crippen LogP contribution >= 0.6 is 0 Å². The number of carboxylic acids is 1. The van der Waals surface area contributed by atoms with E-state index in [1.807, 2.05) is 39.8 Å². The molecule has 0 spiro atoms. The molecular weight excluding hydrogens is 652 g/mol. The van der Waals surface area contributed by atoms with Gasteiger partial charge in [-0.1, -0.05) is 34.1 Å². The lowest BCUT2D eigenvalue weighted by Gasteiger charge is -2.35. The Morgan fingerprint density at radius 2 is 1.82 bits per heavy atom. The number of aromatic nitrogens is 3. The summed E-state index contributed by atoms with van der Waals surface area (Å²) in [6, 6.07) is 8.14. The van der Waals surface area contributed by atoms with Gasteiger partial charge in [0.2, 0.25) is 5.91 Å². The van der Waals surface area contributed by atoms with Crippen LogP contribution in [0.2, 0.25) is 0 Å². The van der Waals surface area contributed by atoms with E-state index in [-0.39, 0.29) is 49.5 Å². The largest absolute Gasteiger partial charge is 0.497 e. The topological polar surface area (TPSA) is 150 Å². The number of aliphatic carboxylic acids is 1. The number of ether oxygens (including phenoxy) is 3. The molecule has 1 aliphatic heterocycles. The number of fused-ring (bicyclic) bond motifs is 2. The Bertz CT molecular complexity index is 1830. The molecule has 4 unspecified atom stereocenters. The molecule has 272 valence electrons. The monoisotopic (exact) mass is 700 g/mol. The predicted molar refractivity (Wildman–Crippen MR) is 186 cm³/mol. The minimum absolute atomic E-state index is 0.0869. The molecule has 0 bridgehead atoms. The van der Waals surface area contributed by atoms with Crippen LogP contribution in [0.1, 0.15) is 79.1 Å². The molecule has 7 rings (SSSR count). The molecule has 1 N–H and O–H groups in total. The quantitative estimate of drug-likeness (QED) is 0.222. The Balaban J connectivity index is 1.18. The minimum Gasteiger partial charge on any atom is -0.497 e. The third-order valence-electron chi connectivity index (χ3n) is 11.8. The van der Waals surface area contributed by atoms with E-state index in [1.165, 1.54) is 6.42 Å². The number of pyridine rings is 1. The Kier molecular flexibility index (Phi) is 9.08. The maximum absolute atomic E-state index is 14.6. The van der Waals surface area contributed by atoms with Crippen LogP contribution < -0.4 is 9.47 Å². The van der Waals surface area contributed by atoms with Gasteiger partial charge in [-0.05, 0) is 67.1 Å². The number of rotatable bonds is 13. The van der Waals surface area contributed by atoms with Crippen LogP contribution in [-0.4, -0.2) is 80.3 Å². The molecule has 51 heavy (non-hydrogen) atoms. The molecule has 2 aromatic heterocycles. The highest BCUT2D eigenvalue weighted by atomic mass is 16.5. The van der Waals surface area contributed by atoms with Gasteiger partial charge in [0.25, 0.3) is 0 Å². The number of methoxy groups -OCH3 is 1. The fraction of sp³-hybridized carbons (Fsp3) is 0.590. The average Bonchev–Trinajstić information content (AvgIpc) is 3.70. The Labute approximate surface area is 297 Å². The lowest BCUT2D eigenvalue weighted by atomic mass is 9.77. The highest BCUT2D eigenvalue weighted by molar-refractivity contribution is 5.95. The summed E-state index contributed by atoms with van der Waals surface area (Å²) in [7, 11) is 1.58. The van der Waals surface area contributed by atoms with E-state index in [1.54, 1.807) is 47.3 Å². The molecule has 12 nitrogen and oxygen atoms in total. The molecular formula is C39H48N4O8. The van der Waals surface area contributed by atoms with Gasteiger partial charge in [-0.15, -0.1) is 0 Å². The number of benzene rings is 1. The van der Waals surface area contributed by atoms with Gasteiger partial charge in [0.05, 0.1) is 43.0 Å². The molecule has 0 radical (unpaired) electrons. The van der Waals surface area contributed by atoms with Gasteiger partial charge in [-0.3, -0.25) is 19.2 Å². The zero-order chi connectivity index (χ0) is 36.2. The normalized spacial score (nSPS) is 28.6. The summed E-state index contributed by atoms with van der Waals surface area (Å²) in [5.74, 6) is 0.0992. The molecule has 1 amide bonds. The van der Waals surface area contributed by atoms with E-state index in [2.05, 4.69) is 5.10 Å². The number of esters is 1. The summed E-state index contributed by atoms with van der Waals surface area (Å²) in [4.78, 5) is 60.8. The number of likely N-dealkylation sites (tertiary alicyclic amines) is 1. The standard InChI is InChI=1S/C39H48N4O8/c1-6-24-19-39(24,37(47)48)20-32(44)31-16-27(50-33-18-34(43-11-7-10-40-43)41-30-15-25(49-5)8-9-28(30)33)21-42(31)36(46)29(38(2,3)4)17-35(45)51-26-13-22-12-23(22)14-26/h7-11,15,18,22-24,26-27,29,31H,6,12-14,16-17,19-21H2,1-5H3,(H,47,48)/t22?,23?,24?,26?,27?,29-,31+,39-/m1/s1. The van der Waals surface area contributed by atoms with Gasteiger partial charge in [-0.2, -0.15) is 5.10 Å². The van der Waals surface area contributed by atoms with E-state index >= 15 is 0 Å². The Hall–Kier alpha value is -4.48. The van der Waals surface area contributed by atoms with Crippen molar-refractivity contribution in [2.24, 2.45) is 34.5 Å². The summed E-state index contributed by atoms with van der Waals surface area (Å²) in [5.41, 5.74) is -1.12. The van der Waals surface area contributed by atoms with E-state index in [4.69, 9.17) is 19.2 Å². The van der Waals surface area contributed by atoms with Crippen molar-refractivity contribution in [2.45, 2.75) is 97.3 Å². The molecule has 4 aliphatic rings. The van der Waals surface area contributed by atoms with Crippen molar-refractivity contribution < 1.29 is 38.5 Å². The fourth-order valence-electron chi connectivity index (χ4n) is 8.54. The second kappa shape index (κ2) is 13.2. The van der Waals surface area contributed by atoms with Crippen LogP contribution in [0.5, 0.6) is 11.5 Å². The predicted octanol–water partition coefficient (Wildman–Crippen LogP) is 5.63. The van der Waals surface area contributed by atoms with Crippen LogP contribution in [-0.2, 0) is 23.9 Å². The van der Waals surface area contributed by atoms with Crippen LogP contribution in [0.15, 0.2) is 42.7 Å². The molecule has 3 aliphatic carbocycles. The second-order valence-corrected chi connectivity index (χ2v) is 16.2. The number of hydrogen-bond acceptors (Lipinski definition) is 9. The summed E-state index contributed by atoms with van der Waals surface area (Å²) in [5, 5.41) is 15.2. The fourth-order valence-corrected chi connectivity index (χ4v) is 8.54. The SMILES string of the molecule is CCC1C[C@]1(CC(=O)[C@@H]1CC(Oc2cc(-n3cccn3)nc3cc(OC)ccc23)CN1C(=O)[C@@H](CC(=O)OC1CC2CC2C1)C(C)(C)C)C(=O)O. The highest BCUT2D eigenvalue weighted by Crippen LogP contribution is 2.58. The molecule has 3 heterocycles. The van der Waals surface area contributed by atoms with E-state index in [0.29, 0.717) is 52.9 Å². The van der Waals surface area contributed by atoms with Gasteiger partial charge in [0.15, 0.2) is 11.6 Å². The molecule has 3 aromatic rings. The van der Waals surface area contributed by atoms with Crippen molar-refractivity contribution in [3.05, 3.63) is 42.7 Å². The number of carbonyl (C=O) groups is 4. The number of nitrogens with zero attached hydrogens (tertiary/aromatic N) is 4. The summed E-state index contributed by atoms with van der Waals surface area (Å²) in [6.07, 6.45) is 6.73. The van der Waals surface area contributed by atoms with Gasteiger partial charge in [0, 0.05) is 42.8 Å². The summed E-state index contributed by atoms with van der Waals surface area (Å²) < 4.78 is 19.6. The third kappa shape index (κ3) is 6.93. The minimum atomic E-state index is -1.12. The number of carboxylic acid groups (broad SMARTS) is 1. The first-order valence-corrected chi connectivity index (χ1v) is 18.2.